The number of carbonyl (C=O) groups is 1. The number of aromatic nitrogens is 5. The van der Waals surface area contributed by atoms with Crippen LogP contribution in [0.4, 0.5) is 13.2 Å². The summed E-state index contributed by atoms with van der Waals surface area (Å²) in [4.78, 5) is 11.8. The number of benzene rings is 2. The summed E-state index contributed by atoms with van der Waals surface area (Å²) in [6.45, 7) is 3.67. The third-order valence-electron chi connectivity index (χ3n) is 6.34. The number of alkyl halides is 3. The van der Waals surface area contributed by atoms with Gasteiger partial charge in [-0.25, -0.2) is 0 Å². The molecular formula is C26H23ClF3N5O5. The normalized spacial score (nSPS) is 16.7. The zero-order valence-corrected chi connectivity index (χ0v) is 22.3. The number of rotatable bonds is 7. The van der Waals surface area contributed by atoms with Gasteiger partial charge in [-0.1, -0.05) is 23.7 Å². The lowest BCUT2D eigenvalue weighted by Gasteiger charge is -2.24. The van der Waals surface area contributed by atoms with Crippen molar-refractivity contribution in [3.8, 4) is 11.4 Å². The van der Waals surface area contributed by atoms with Gasteiger partial charge < -0.3 is 18.6 Å². The van der Waals surface area contributed by atoms with E-state index in [9.17, 15) is 18.0 Å². The molecule has 3 heterocycles. The highest BCUT2D eigenvalue weighted by Gasteiger charge is 2.43. The Morgan fingerprint density at radius 3 is 2.60 bits per heavy atom. The minimum absolute atomic E-state index is 0.00484. The van der Waals surface area contributed by atoms with E-state index < -0.39 is 30.2 Å². The highest BCUT2D eigenvalue weighted by Crippen LogP contribution is 2.45. The molecule has 0 unspecified atom stereocenters. The molecule has 210 valence electrons. The molecule has 0 spiro atoms. The Labute approximate surface area is 231 Å². The minimum Gasteiger partial charge on any atom is -0.496 e. The summed E-state index contributed by atoms with van der Waals surface area (Å²) in [7, 11) is 1.52. The lowest BCUT2D eigenvalue weighted by Crippen LogP contribution is -2.17. The predicted molar refractivity (Wildman–Crippen MR) is 133 cm³/mol. The molecule has 0 fully saturated rings. The van der Waals surface area contributed by atoms with Crippen LogP contribution in [0.2, 0.25) is 5.02 Å². The van der Waals surface area contributed by atoms with Gasteiger partial charge in [0, 0.05) is 10.6 Å². The molecule has 14 heteroatoms. The topological polar surface area (TPSA) is 114 Å². The van der Waals surface area contributed by atoms with E-state index in [1.807, 2.05) is 6.92 Å². The van der Waals surface area contributed by atoms with Gasteiger partial charge in [-0.2, -0.15) is 13.2 Å². The molecule has 1 aliphatic rings. The zero-order chi connectivity index (χ0) is 28.6. The van der Waals surface area contributed by atoms with Crippen molar-refractivity contribution in [3.63, 3.8) is 0 Å². The van der Waals surface area contributed by atoms with Crippen molar-refractivity contribution >= 4 is 17.6 Å². The highest BCUT2D eigenvalue weighted by molar-refractivity contribution is 6.30. The molecular weight excluding hydrogens is 555 g/mol. The van der Waals surface area contributed by atoms with E-state index >= 15 is 0 Å². The van der Waals surface area contributed by atoms with Crippen LogP contribution in [0.3, 0.4) is 0 Å². The molecule has 1 aliphatic heterocycles. The average Bonchev–Trinajstić information content (AvgIpc) is 3.51. The van der Waals surface area contributed by atoms with Gasteiger partial charge in [0.1, 0.15) is 24.4 Å². The van der Waals surface area contributed by atoms with Crippen molar-refractivity contribution in [1.82, 2.24) is 25.0 Å². The fraction of sp³-hybridized carbons (Fsp3) is 0.346. The number of hydrogen-bond donors (Lipinski definition) is 0. The van der Waals surface area contributed by atoms with E-state index in [1.165, 1.54) is 19.2 Å². The number of fused-ring (bicyclic) bond motifs is 3. The Hall–Kier alpha value is -3.97. The minimum atomic E-state index is -4.82. The molecule has 0 N–H and O–H groups in total. The molecule has 0 radical (unpaired) electrons. The Balaban J connectivity index is 1.65. The fourth-order valence-corrected chi connectivity index (χ4v) is 4.80. The lowest BCUT2D eigenvalue weighted by molar-refractivity contribution is -0.146. The summed E-state index contributed by atoms with van der Waals surface area (Å²) in [6, 6.07) is 9.84. The third-order valence-corrected chi connectivity index (χ3v) is 6.58. The van der Waals surface area contributed by atoms with Crippen molar-refractivity contribution in [2.45, 2.75) is 45.1 Å². The van der Waals surface area contributed by atoms with E-state index in [-0.39, 0.29) is 42.7 Å². The third kappa shape index (κ3) is 5.26. The number of halogens is 4. The second-order valence-electron chi connectivity index (χ2n) is 8.87. The monoisotopic (exact) mass is 577 g/mol. The quantitative estimate of drug-likeness (QED) is 0.275. The summed E-state index contributed by atoms with van der Waals surface area (Å²) >= 11 is 6.33. The van der Waals surface area contributed by atoms with Gasteiger partial charge in [-0.05, 0) is 49.2 Å². The first kappa shape index (κ1) is 27.6. The first-order valence-electron chi connectivity index (χ1n) is 12.2. The van der Waals surface area contributed by atoms with E-state index in [2.05, 4.69) is 20.4 Å². The number of ether oxygens (including phenoxy) is 3. The van der Waals surface area contributed by atoms with Crippen molar-refractivity contribution in [2.75, 3.05) is 13.7 Å². The average molecular weight is 578 g/mol. The van der Waals surface area contributed by atoms with Gasteiger partial charge in [-0.3, -0.25) is 9.36 Å². The first-order valence-corrected chi connectivity index (χ1v) is 12.6. The molecule has 2 aromatic carbocycles. The molecule has 2 aromatic heterocycles. The fourth-order valence-electron chi connectivity index (χ4n) is 4.62. The molecule has 2 atom stereocenters. The molecule has 0 saturated heterocycles. The van der Waals surface area contributed by atoms with Crippen LogP contribution in [0.15, 0.2) is 40.8 Å². The summed E-state index contributed by atoms with van der Waals surface area (Å²) in [5, 5.41) is 15.5. The van der Waals surface area contributed by atoms with Crippen LogP contribution in [-0.2, 0) is 33.3 Å². The second-order valence-corrected chi connectivity index (χ2v) is 9.31. The van der Waals surface area contributed by atoms with Crippen molar-refractivity contribution in [1.29, 1.82) is 0 Å². The van der Waals surface area contributed by atoms with E-state index in [0.29, 0.717) is 21.9 Å². The molecule has 10 nitrogen and oxygen atoms in total. The molecule has 4 aromatic rings. The van der Waals surface area contributed by atoms with Crippen LogP contribution in [0.5, 0.6) is 5.75 Å². The Morgan fingerprint density at radius 2 is 1.88 bits per heavy atom. The molecule has 0 aliphatic carbocycles. The molecule has 0 bridgehead atoms. The van der Waals surface area contributed by atoms with Gasteiger partial charge >= 0.3 is 12.1 Å². The van der Waals surface area contributed by atoms with Gasteiger partial charge in [-0.15, -0.1) is 20.4 Å². The number of nitrogens with zero attached hydrogens (tertiary/aromatic N) is 5. The Kier molecular flexibility index (Phi) is 7.51. The Morgan fingerprint density at radius 1 is 1.10 bits per heavy atom. The summed E-state index contributed by atoms with van der Waals surface area (Å²) in [5.41, 5.74) is 1.89. The van der Waals surface area contributed by atoms with Crippen molar-refractivity contribution < 1.29 is 36.6 Å². The van der Waals surface area contributed by atoms with Gasteiger partial charge in [0.25, 0.3) is 0 Å². The molecule has 5 rings (SSSR count). The zero-order valence-electron chi connectivity index (χ0n) is 21.5. The van der Waals surface area contributed by atoms with Crippen LogP contribution < -0.4 is 4.74 Å². The maximum atomic E-state index is 14.1. The van der Waals surface area contributed by atoms with Crippen LogP contribution >= 0.6 is 11.6 Å². The number of esters is 1. The number of methoxy groups -OCH3 is 1. The van der Waals surface area contributed by atoms with Crippen molar-refractivity contribution in [3.05, 3.63) is 81.5 Å². The maximum absolute atomic E-state index is 14.1. The van der Waals surface area contributed by atoms with Crippen LogP contribution in [0, 0.1) is 6.92 Å². The number of hydrogen-bond acceptors (Lipinski definition) is 9. The predicted octanol–water partition coefficient (Wildman–Crippen LogP) is 5.15. The molecule has 40 heavy (non-hydrogen) atoms. The molecule has 0 amide bonds. The summed E-state index contributed by atoms with van der Waals surface area (Å²) in [6.07, 6.45) is -7.25. The second kappa shape index (κ2) is 10.9. The van der Waals surface area contributed by atoms with Crippen LogP contribution in [0.1, 0.15) is 59.3 Å². The molecule has 0 saturated carbocycles. The van der Waals surface area contributed by atoms with E-state index in [4.69, 9.17) is 30.2 Å². The summed E-state index contributed by atoms with van der Waals surface area (Å²) in [5.74, 6) is -1.31. The highest BCUT2D eigenvalue weighted by atomic mass is 35.5. The first-order chi connectivity index (χ1) is 19.1. The number of carbonyl (C=O) groups excluding carboxylic acids is 1. The lowest BCUT2D eigenvalue weighted by atomic mass is 9.95. The van der Waals surface area contributed by atoms with E-state index in [0.717, 1.165) is 10.1 Å². The van der Waals surface area contributed by atoms with E-state index in [1.54, 1.807) is 31.2 Å². The van der Waals surface area contributed by atoms with Crippen LogP contribution in [0.25, 0.3) is 5.69 Å². The Bertz CT molecular complexity index is 1550. The standard InChI is InChI=1S/C26H23ClF3N5O5/c1-4-38-22(36)12-21-32-31-20(40-21)11-19-24-33-34-25(26(28,29)30)35(24)17-9-8-14(27)10-16(17)23(39-19)15-6-5-7-18(37-3)13(15)2/h5-10,19,23H,4,11-12H2,1-3H3/t19-,23-/m1/s1. The van der Waals surface area contributed by atoms with Gasteiger partial charge in [0.05, 0.1) is 25.8 Å². The SMILES string of the molecule is CCOC(=O)Cc1nnc(C[C@H]2O[C@H](c3cccc(OC)c3C)c3cc(Cl)ccc3-n3c2nnc3C(F)(F)F)o1. The van der Waals surface area contributed by atoms with Crippen molar-refractivity contribution in [2.24, 2.45) is 0 Å². The van der Waals surface area contributed by atoms with Gasteiger partial charge in [0.2, 0.25) is 17.6 Å². The largest absolute Gasteiger partial charge is 0.496 e. The maximum Gasteiger partial charge on any atom is 0.452 e. The van der Waals surface area contributed by atoms with Crippen LogP contribution in [-0.4, -0.2) is 44.6 Å². The summed E-state index contributed by atoms with van der Waals surface area (Å²) < 4.78 is 65.9. The van der Waals surface area contributed by atoms with Gasteiger partial charge in [0.15, 0.2) is 5.82 Å². The smallest absolute Gasteiger partial charge is 0.452 e.